The summed E-state index contributed by atoms with van der Waals surface area (Å²) in [4.78, 5) is 40.0. The SMILES string of the molecule is CCOC(=O)CN[C@H](CC1CCCCC1)C(=O)[N+]1(Cc2ccc(C(=N)N)cc2)CCC[C@@H]2C[C@@]21C(N)=O. The second-order valence-electron chi connectivity index (χ2n) is 11.1. The zero-order valence-corrected chi connectivity index (χ0v) is 22.0. The van der Waals surface area contributed by atoms with E-state index < -0.39 is 17.5 Å². The van der Waals surface area contributed by atoms with Gasteiger partial charge in [0.2, 0.25) is 0 Å². The first-order valence-corrected chi connectivity index (χ1v) is 13.8. The minimum atomic E-state index is -0.912. The summed E-state index contributed by atoms with van der Waals surface area (Å²) in [7, 11) is 0. The number of ether oxygens (including phenoxy) is 1. The van der Waals surface area contributed by atoms with Crippen LogP contribution in [0.3, 0.4) is 0 Å². The third kappa shape index (κ3) is 5.43. The van der Waals surface area contributed by atoms with Crippen molar-refractivity contribution in [2.45, 2.75) is 82.8 Å². The van der Waals surface area contributed by atoms with Crippen LogP contribution in [0.4, 0.5) is 0 Å². The van der Waals surface area contributed by atoms with Crippen LogP contribution >= 0.6 is 0 Å². The molecule has 4 rings (SSSR count). The van der Waals surface area contributed by atoms with Crippen LogP contribution < -0.4 is 16.8 Å². The molecular weight excluding hydrogens is 470 g/mol. The summed E-state index contributed by atoms with van der Waals surface area (Å²) in [6, 6.07) is 6.75. The monoisotopic (exact) mass is 512 g/mol. The molecule has 37 heavy (non-hydrogen) atoms. The molecule has 9 heteroatoms. The van der Waals surface area contributed by atoms with Gasteiger partial charge in [0.05, 0.1) is 19.7 Å². The van der Waals surface area contributed by atoms with Crippen LogP contribution in [-0.4, -0.2) is 59.4 Å². The minimum Gasteiger partial charge on any atom is -0.465 e. The van der Waals surface area contributed by atoms with E-state index in [2.05, 4.69) is 5.32 Å². The Kier molecular flexibility index (Phi) is 8.33. The van der Waals surface area contributed by atoms with Gasteiger partial charge in [-0.05, 0) is 32.1 Å². The van der Waals surface area contributed by atoms with Crippen molar-refractivity contribution < 1.29 is 23.6 Å². The predicted octanol–water partition coefficient (Wildman–Crippen LogP) is 2.34. The number of primary amides is 1. The number of hydrogen-bond donors (Lipinski definition) is 4. The van der Waals surface area contributed by atoms with Crippen molar-refractivity contribution in [1.82, 2.24) is 5.32 Å². The number of amidine groups is 1. The predicted molar refractivity (Wildman–Crippen MR) is 140 cm³/mol. The summed E-state index contributed by atoms with van der Waals surface area (Å²) in [5.74, 6) is -0.366. The number of nitrogens with zero attached hydrogens (tertiary/aromatic N) is 1. The Morgan fingerprint density at radius 1 is 1.11 bits per heavy atom. The van der Waals surface area contributed by atoms with Crippen LogP contribution in [0.5, 0.6) is 0 Å². The summed E-state index contributed by atoms with van der Waals surface area (Å²) in [5, 5.41) is 10.9. The van der Waals surface area contributed by atoms with Gasteiger partial charge in [0, 0.05) is 23.5 Å². The van der Waals surface area contributed by atoms with Crippen molar-refractivity contribution in [2.75, 3.05) is 19.7 Å². The van der Waals surface area contributed by atoms with E-state index >= 15 is 0 Å². The molecule has 202 valence electrons. The topological polar surface area (TPSA) is 148 Å². The van der Waals surface area contributed by atoms with Crippen molar-refractivity contribution in [3.63, 3.8) is 0 Å². The molecule has 3 fully saturated rings. The highest BCUT2D eigenvalue weighted by molar-refractivity contribution is 5.95. The zero-order chi connectivity index (χ0) is 26.6. The van der Waals surface area contributed by atoms with Crippen LogP contribution in [-0.2, 0) is 25.7 Å². The molecule has 1 aromatic rings. The number of amides is 2. The average Bonchev–Trinajstić information content (AvgIpc) is 3.65. The number of hydrogen-bond acceptors (Lipinski definition) is 6. The molecule has 2 saturated carbocycles. The number of carbonyl (C=O) groups excluding carboxylic acids is 3. The fraction of sp³-hybridized carbons (Fsp3) is 0.643. The third-order valence-electron chi connectivity index (χ3n) is 8.89. The highest BCUT2D eigenvalue weighted by Gasteiger charge is 2.76. The molecule has 1 saturated heterocycles. The summed E-state index contributed by atoms with van der Waals surface area (Å²) in [6.07, 6.45) is 8.65. The number of quaternary nitrogens is 1. The lowest BCUT2D eigenvalue weighted by molar-refractivity contribution is -0.900. The van der Waals surface area contributed by atoms with Crippen molar-refractivity contribution in [2.24, 2.45) is 23.3 Å². The first-order valence-electron chi connectivity index (χ1n) is 13.8. The van der Waals surface area contributed by atoms with E-state index in [0.717, 1.165) is 44.1 Å². The van der Waals surface area contributed by atoms with E-state index in [0.29, 0.717) is 37.4 Å². The normalized spacial score (nSPS) is 28.1. The molecule has 1 aliphatic heterocycles. The van der Waals surface area contributed by atoms with Gasteiger partial charge in [0.25, 0.3) is 5.91 Å². The van der Waals surface area contributed by atoms with Crippen LogP contribution in [0.1, 0.15) is 75.8 Å². The number of nitrogens with two attached hydrogens (primary N) is 2. The Balaban J connectivity index is 1.68. The molecule has 4 atom stereocenters. The van der Waals surface area contributed by atoms with E-state index in [1.165, 1.54) is 6.42 Å². The Morgan fingerprint density at radius 2 is 1.81 bits per heavy atom. The lowest BCUT2D eigenvalue weighted by Crippen LogP contribution is -2.71. The highest BCUT2D eigenvalue weighted by atomic mass is 16.5. The third-order valence-corrected chi connectivity index (χ3v) is 8.89. The molecule has 0 aromatic heterocycles. The summed E-state index contributed by atoms with van der Waals surface area (Å²) < 4.78 is 5.11. The van der Waals surface area contributed by atoms with Crippen molar-refractivity contribution in [3.8, 4) is 0 Å². The van der Waals surface area contributed by atoms with Crippen molar-refractivity contribution >= 4 is 23.6 Å². The minimum absolute atomic E-state index is 0.0143. The van der Waals surface area contributed by atoms with Gasteiger partial charge >= 0.3 is 11.9 Å². The van der Waals surface area contributed by atoms with Crippen molar-refractivity contribution in [1.29, 1.82) is 5.41 Å². The Morgan fingerprint density at radius 3 is 2.43 bits per heavy atom. The fourth-order valence-electron chi connectivity index (χ4n) is 6.95. The van der Waals surface area contributed by atoms with Crippen LogP contribution in [0.15, 0.2) is 24.3 Å². The number of carbonyl (C=O) groups is 3. The molecular formula is C28H42N5O4+. The standard InChI is InChI=1S/C28H41N5O4/c1-2-37-24(34)17-32-23(15-19-7-4-3-5-8-19)26(35)33(14-6-9-22-16-28(22,33)27(31)36)18-20-10-12-21(13-11-20)25(29)30/h10-13,19,22-23,32H,2-9,14-18H2,1H3,(H4-,29,30,31,36)/p+1/t22-,23-,28+,33?/m1/s1. The van der Waals surface area contributed by atoms with Gasteiger partial charge in [-0.1, -0.05) is 56.4 Å². The second kappa shape index (κ2) is 11.3. The van der Waals surface area contributed by atoms with E-state index in [1.807, 2.05) is 12.1 Å². The molecule has 1 heterocycles. The molecule has 1 aromatic carbocycles. The smallest absolute Gasteiger partial charge is 0.331 e. The van der Waals surface area contributed by atoms with Crippen molar-refractivity contribution in [3.05, 3.63) is 35.4 Å². The second-order valence-corrected chi connectivity index (χ2v) is 11.1. The molecule has 2 amide bonds. The number of rotatable bonds is 11. The molecule has 6 N–H and O–H groups in total. The van der Waals surface area contributed by atoms with Gasteiger partial charge in [0.1, 0.15) is 18.4 Å². The zero-order valence-electron chi connectivity index (χ0n) is 22.0. The number of nitrogens with one attached hydrogen (secondary N) is 2. The summed E-state index contributed by atoms with van der Waals surface area (Å²) in [5.41, 5.74) is 12.3. The van der Waals surface area contributed by atoms with Gasteiger partial charge in [-0.3, -0.25) is 20.3 Å². The molecule has 1 unspecified atom stereocenters. The average molecular weight is 513 g/mol. The van der Waals surface area contributed by atoms with Gasteiger partial charge in [-0.15, -0.1) is 0 Å². The lowest BCUT2D eigenvalue weighted by Gasteiger charge is -2.46. The molecule has 9 nitrogen and oxygen atoms in total. The van der Waals surface area contributed by atoms with Gasteiger partial charge in [-0.2, -0.15) is 0 Å². The lowest BCUT2D eigenvalue weighted by atomic mass is 9.83. The number of nitrogen functional groups attached to an aromatic ring is 1. The van der Waals surface area contributed by atoms with Gasteiger partial charge in [-0.25, -0.2) is 9.28 Å². The molecule has 0 radical (unpaired) electrons. The number of esters is 1. The van der Waals surface area contributed by atoms with E-state index in [9.17, 15) is 14.4 Å². The van der Waals surface area contributed by atoms with Gasteiger partial charge < -0.3 is 16.2 Å². The van der Waals surface area contributed by atoms with E-state index in [-0.39, 0.29) is 41.3 Å². The largest absolute Gasteiger partial charge is 0.465 e. The molecule has 0 bridgehead atoms. The molecule has 2 aliphatic carbocycles. The van der Waals surface area contributed by atoms with E-state index in [4.69, 9.17) is 21.6 Å². The van der Waals surface area contributed by atoms with Crippen LogP contribution in [0.2, 0.25) is 0 Å². The molecule has 0 spiro atoms. The Hall–Kier alpha value is -2.78. The quantitative estimate of drug-likeness (QED) is 0.155. The first kappa shape index (κ1) is 27.3. The van der Waals surface area contributed by atoms with Crippen LogP contribution in [0.25, 0.3) is 0 Å². The Bertz CT molecular complexity index is 1020. The summed E-state index contributed by atoms with van der Waals surface area (Å²) >= 11 is 0. The molecule has 3 aliphatic rings. The van der Waals surface area contributed by atoms with E-state index in [1.54, 1.807) is 19.1 Å². The number of benzene rings is 1. The maximum Gasteiger partial charge on any atom is 0.331 e. The van der Waals surface area contributed by atoms with Gasteiger partial charge in [0.15, 0.2) is 5.54 Å². The maximum absolute atomic E-state index is 14.7. The Labute approximate surface area is 219 Å². The fourth-order valence-corrected chi connectivity index (χ4v) is 6.95. The number of likely N-dealkylation sites (tertiary alicyclic amines) is 1. The number of fused-ring (bicyclic) bond motifs is 1. The maximum atomic E-state index is 14.7. The summed E-state index contributed by atoms with van der Waals surface area (Å²) in [6.45, 7) is 2.88. The van der Waals surface area contributed by atoms with Crippen LogP contribution in [0, 0.1) is 17.2 Å². The highest BCUT2D eigenvalue weighted by Crippen LogP contribution is 2.59. The first-order chi connectivity index (χ1) is 17.7. The number of piperidine rings is 1.